The number of fused-ring (bicyclic) bond motifs is 1. The molecule has 24 heavy (non-hydrogen) atoms. The van der Waals surface area contributed by atoms with Gasteiger partial charge < -0.3 is 9.30 Å². The van der Waals surface area contributed by atoms with E-state index in [1.54, 1.807) is 16.8 Å². The molecule has 0 unspecified atom stereocenters. The molecule has 4 heteroatoms. The molecule has 0 bridgehead atoms. The number of ether oxygens (including phenoxy) is 1. The van der Waals surface area contributed by atoms with Crippen molar-refractivity contribution < 1.29 is 4.74 Å². The second kappa shape index (κ2) is 7.47. The first-order valence-corrected chi connectivity index (χ1v) is 7.95. The summed E-state index contributed by atoms with van der Waals surface area (Å²) in [6, 6.07) is 19.5. The van der Waals surface area contributed by atoms with Gasteiger partial charge in [-0.15, -0.1) is 0 Å². The van der Waals surface area contributed by atoms with Crippen molar-refractivity contribution in [2.24, 2.45) is 0 Å². The van der Waals surface area contributed by atoms with Crippen molar-refractivity contribution in [2.75, 3.05) is 0 Å². The van der Waals surface area contributed by atoms with Gasteiger partial charge in [0.25, 0.3) is 5.56 Å². The molecule has 0 amide bonds. The third-order valence-electron chi connectivity index (χ3n) is 3.88. The van der Waals surface area contributed by atoms with Gasteiger partial charge in [-0.05, 0) is 41.6 Å². The lowest BCUT2D eigenvalue weighted by Gasteiger charge is -2.09. The van der Waals surface area contributed by atoms with Gasteiger partial charge in [-0.25, -0.2) is 0 Å². The zero-order valence-corrected chi connectivity index (χ0v) is 13.3. The molecule has 0 saturated heterocycles. The summed E-state index contributed by atoms with van der Waals surface area (Å²) in [6.07, 6.45) is 2.92. The quantitative estimate of drug-likeness (QED) is 0.648. The molecule has 0 aliphatic rings. The fourth-order valence-electron chi connectivity index (χ4n) is 2.60. The Hall–Kier alpha value is -3.06. The number of unbranched alkanes of at least 4 members (excludes halogenated alkanes) is 1. The number of nitriles is 1. The van der Waals surface area contributed by atoms with E-state index in [0.29, 0.717) is 31.4 Å². The van der Waals surface area contributed by atoms with Crippen LogP contribution in [0.2, 0.25) is 0 Å². The summed E-state index contributed by atoms with van der Waals surface area (Å²) in [7, 11) is 0. The molecule has 3 aromatic rings. The number of hydrogen-bond acceptors (Lipinski definition) is 3. The minimum Gasteiger partial charge on any atom is -0.489 e. The van der Waals surface area contributed by atoms with Crippen molar-refractivity contribution in [3.63, 3.8) is 0 Å². The highest BCUT2D eigenvalue weighted by Gasteiger charge is 2.05. The van der Waals surface area contributed by atoms with Gasteiger partial charge in [0.05, 0.1) is 6.07 Å². The van der Waals surface area contributed by atoms with Crippen LogP contribution in [0.3, 0.4) is 0 Å². The zero-order chi connectivity index (χ0) is 16.8. The molecule has 0 radical (unpaired) electrons. The maximum absolute atomic E-state index is 12.5. The maximum Gasteiger partial charge on any atom is 0.258 e. The molecule has 0 fully saturated rings. The summed E-state index contributed by atoms with van der Waals surface area (Å²) in [5, 5.41) is 10.1. The third-order valence-corrected chi connectivity index (χ3v) is 3.88. The third kappa shape index (κ3) is 3.64. The van der Waals surface area contributed by atoms with E-state index in [-0.39, 0.29) is 5.56 Å². The second-order valence-electron chi connectivity index (χ2n) is 5.60. The van der Waals surface area contributed by atoms with Crippen molar-refractivity contribution in [1.29, 1.82) is 5.26 Å². The largest absolute Gasteiger partial charge is 0.489 e. The van der Waals surface area contributed by atoms with E-state index in [1.807, 2.05) is 48.5 Å². The highest BCUT2D eigenvalue weighted by Crippen LogP contribution is 2.19. The van der Waals surface area contributed by atoms with Crippen LogP contribution in [0.1, 0.15) is 18.4 Å². The minimum absolute atomic E-state index is 0.0277. The van der Waals surface area contributed by atoms with Gasteiger partial charge in [-0.1, -0.05) is 30.3 Å². The zero-order valence-electron chi connectivity index (χ0n) is 13.3. The summed E-state index contributed by atoms with van der Waals surface area (Å²) in [5.74, 6) is 0.744. The molecule has 1 aromatic heterocycles. The van der Waals surface area contributed by atoms with Crippen LogP contribution in [0.15, 0.2) is 65.6 Å². The van der Waals surface area contributed by atoms with Crippen LogP contribution in [0, 0.1) is 11.3 Å². The maximum atomic E-state index is 12.5. The number of rotatable bonds is 6. The molecule has 0 atom stereocenters. The SMILES string of the molecule is N#CCCCn1ccc2cc(OCc3ccccc3)ccc2c1=O. The van der Waals surface area contributed by atoms with E-state index >= 15 is 0 Å². The Morgan fingerprint density at radius 2 is 1.92 bits per heavy atom. The molecule has 4 nitrogen and oxygen atoms in total. The van der Waals surface area contributed by atoms with Gasteiger partial charge in [0.2, 0.25) is 0 Å². The van der Waals surface area contributed by atoms with Crippen LogP contribution >= 0.6 is 0 Å². The lowest BCUT2D eigenvalue weighted by molar-refractivity contribution is 0.306. The number of benzene rings is 2. The fraction of sp³-hybridized carbons (Fsp3) is 0.200. The molecule has 0 aliphatic carbocycles. The van der Waals surface area contributed by atoms with Crippen molar-refractivity contribution in [1.82, 2.24) is 4.57 Å². The van der Waals surface area contributed by atoms with Crippen LogP contribution in [0.5, 0.6) is 5.75 Å². The topological polar surface area (TPSA) is 55.0 Å². The average molecular weight is 318 g/mol. The Kier molecular flexibility index (Phi) is 4.93. The first kappa shape index (κ1) is 15.8. The van der Waals surface area contributed by atoms with Gasteiger partial charge in [-0.2, -0.15) is 5.26 Å². The fourth-order valence-corrected chi connectivity index (χ4v) is 2.60. The van der Waals surface area contributed by atoms with Gasteiger partial charge in [0, 0.05) is 24.5 Å². The molecule has 3 rings (SSSR count). The first-order valence-electron chi connectivity index (χ1n) is 7.95. The van der Waals surface area contributed by atoms with Crippen LogP contribution in [-0.2, 0) is 13.2 Å². The Morgan fingerprint density at radius 3 is 2.71 bits per heavy atom. The summed E-state index contributed by atoms with van der Waals surface area (Å²) < 4.78 is 7.46. The van der Waals surface area contributed by atoms with E-state index in [0.717, 1.165) is 16.7 Å². The molecular weight excluding hydrogens is 300 g/mol. The van der Waals surface area contributed by atoms with Crippen molar-refractivity contribution in [3.8, 4) is 11.8 Å². The molecule has 0 spiro atoms. The summed E-state index contributed by atoms with van der Waals surface area (Å²) in [4.78, 5) is 12.5. The molecule has 0 N–H and O–H groups in total. The molecule has 0 saturated carbocycles. The molecule has 120 valence electrons. The Bertz CT molecular complexity index is 924. The van der Waals surface area contributed by atoms with E-state index in [1.165, 1.54) is 0 Å². The number of nitrogens with zero attached hydrogens (tertiary/aromatic N) is 2. The van der Waals surface area contributed by atoms with Crippen LogP contribution in [0.4, 0.5) is 0 Å². The Labute approximate surface area is 140 Å². The van der Waals surface area contributed by atoms with E-state index in [2.05, 4.69) is 6.07 Å². The second-order valence-corrected chi connectivity index (χ2v) is 5.60. The summed E-state index contributed by atoms with van der Waals surface area (Å²) in [5.41, 5.74) is 1.07. The van der Waals surface area contributed by atoms with E-state index in [9.17, 15) is 4.79 Å². The van der Waals surface area contributed by atoms with Gasteiger partial charge >= 0.3 is 0 Å². The van der Waals surface area contributed by atoms with Crippen molar-refractivity contribution in [3.05, 3.63) is 76.7 Å². The van der Waals surface area contributed by atoms with Crippen molar-refractivity contribution in [2.45, 2.75) is 26.0 Å². The number of aryl methyl sites for hydroxylation is 1. The summed E-state index contributed by atoms with van der Waals surface area (Å²) >= 11 is 0. The van der Waals surface area contributed by atoms with Crippen LogP contribution in [0.25, 0.3) is 10.8 Å². The highest BCUT2D eigenvalue weighted by atomic mass is 16.5. The molecular formula is C20H18N2O2. The minimum atomic E-state index is -0.0277. The lowest BCUT2D eigenvalue weighted by atomic mass is 10.1. The lowest BCUT2D eigenvalue weighted by Crippen LogP contribution is -2.19. The van der Waals surface area contributed by atoms with Gasteiger partial charge in [-0.3, -0.25) is 4.79 Å². The molecule has 1 heterocycles. The van der Waals surface area contributed by atoms with E-state index < -0.39 is 0 Å². The molecule has 0 aliphatic heterocycles. The highest BCUT2D eigenvalue weighted by molar-refractivity contribution is 5.82. The normalized spacial score (nSPS) is 10.5. The first-order chi connectivity index (χ1) is 11.8. The van der Waals surface area contributed by atoms with Gasteiger partial charge in [0.1, 0.15) is 12.4 Å². The predicted molar refractivity (Wildman–Crippen MR) is 93.8 cm³/mol. The van der Waals surface area contributed by atoms with Crippen molar-refractivity contribution >= 4 is 10.8 Å². The number of pyridine rings is 1. The van der Waals surface area contributed by atoms with Gasteiger partial charge in [0.15, 0.2) is 0 Å². The smallest absolute Gasteiger partial charge is 0.258 e. The number of hydrogen-bond donors (Lipinski definition) is 0. The Balaban J connectivity index is 1.78. The monoisotopic (exact) mass is 318 g/mol. The summed E-state index contributed by atoms with van der Waals surface area (Å²) in [6.45, 7) is 1.06. The Morgan fingerprint density at radius 1 is 1.08 bits per heavy atom. The number of aromatic nitrogens is 1. The standard InChI is InChI=1S/C20H18N2O2/c21-11-4-5-12-22-13-10-17-14-18(8-9-19(17)20(22)23)24-15-16-6-2-1-3-7-16/h1-3,6-10,13-14H,4-5,12,15H2. The van der Waals surface area contributed by atoms with Crippen LogP contribution < -0.4 is 10.3 Å². The predicted octanol–water partition coefficient (Wildman–Crippen LogP) is 3.88. The van der Waals surface area contributed by atoms with Crippen LogP contribution in [-0.4, -0.2) is 4.57 Å². The van der Waals surface area contributed by atoms with E-state index in [4.69, 9.17) is 10.00 Å². The average Bonchev–Trinajstić information content (AvgIpc) is 2.63. The molecule has 2 aromatic carbocycles.